The number of nitrogens with zero attached hydrogens (tertiary/aromatic N) is 1. The van der Waals surface area contributed by atoms with Gasteiger partial charge in [0.25, 0.3) is 0 Å². The molecular weight excluding hydrogens is 436 g/mol. The van der Waals surface area contributed by atoms with E-state index in [-0.39, 0.29) is 24.3 Å². The molecule has 1 heterocycles. The van der Waals surface area contributed by atoms with Crippen LogP contribution in [0.1, 0.15) is 30.9 Å². The largest absolute Gasteiger partial charge is 0.497 e. The quantitative estimate of drug-likeness (QED) is 0.544. The van der Waals surface area contributed by atoms with Crippen molar-refractivity contribution in [3.05, 3.63) is 53.6 Å². The number of carbonyl (C=O) groups is 2. The molecule has 1 saturated heterocycles. The Morgan fingerprint density at radius 1 is 1.03 bits per heavy atom. The van der Waals surface area contributed by atoms with Crippen LogP contribution in [-0.2, 0) is 27.3 Å². The number of nitrogens with one attached hydrogen (secondary N) is 1. The van der Waals surface area contributed by atoms with Gasteiger partial charge in [0.15, 0.2) is 11.5 Å². The smallest absolute Gasteiger partial charge is 0.242 e. The molecule has 8 heteroatoms. The van der Waals surface area contributed by atoms with Gasteiger partial charge in [0.05, 0.1) is 33.9 Å². The van der Waals surface area contributed by atoms with Gasteiger partial charge in [0.1, 0.15) is 11.8 Å². The summed E-state index contributed by atoms with van der Waals surface area (Å²) < 4.78 is 21.5. The number of amides is 2. The van der Waals surface area contributed by atoms with Crippen LogP contribution < -0.4 is 19.5 Å². The van der Waals surface area contributed by atoms with Gasteiger partial charge in [-0.15, -0.1) is 0 Å². The fourth-order valence-electron chi connectivity index (χ4n) is 3.94. The number of rotatable bonds is 11. The van der Waals surface area contributed by atoms with Crippen molar-refractivity contribution in [1.82, 2.24) is 10.2 Å². The Morgan fingerprint density at radius 2 is 1.74 bits per heavy atom. The molecule has 34 heavy (non-hydrogen) atoms. The summed E-state index contributed by atoms with van der Waals surface area (Å²) in [7, 11) is 4.73. The van der Waals surface area contributed by atoms with Crippen LogP contribution in [0.3, 0.4) is 0 Å². The lowest BCUT2D eigenvalue weighted by atomic mass is 10.1. The van der Waals surface area contributed by atoms with Crippen molar-refractivity contribution >= 4 is 11.8 Å². The molecule has 184 valence electrons. The van der Waals surface area contributed by atoms with Crippen LogP contribution in [-0.4, -0.2) is 63.3 Å². The second kappa shape index (κ2) is 12.3. The maximum absolute atomic E-state index is 13.4. The molecule has 1 aliphatic heterocycles. The van der Waals surface area contributed by atoms with Crippen LogP contribution in [0.25, 0.3) is 0 Å². The Balaban J connectivity index is 1.76. The van der Waals surface area contributed by atoms with Crippen LogP contribution >= 0.6 is 0 Å². The first-order valence-corrected chi connectivity index (χ1v) is 11.5. The lowest BCUT2D eigenvalue weighted by Gasteiger charge is -2.29. The minimum absolute atomic E-state index is 0.0358. The lowest BCUT2D eigenvalue weighted by Crippen LogP contribution is -2.49. The molecule has 0 unspecified atom stereocenters. The van der Waals surface area contributed by atoms with Crippen LogP contribution in [0, 0.1) is 0 Å². The Bertz CT molecular complexity index is 956. The molecule has 8 nitrogen and oxygen atoms in total. The van der Waals surface area contributed by atoms with Gasteiger partial charge in [0, 0.05) is 19.7 Å². The van der Waals surface area contributed by atoms with E-state index in [0.29, 0.717) is 24.6 Å². The first-order valence-electron chi connectivity index (χ1n) is 11.5. The fourth-order valence-corrected chi connectivity index (χ4v) is 3.94. The molecule has 0 spiro atoms. The van der Waals surface area contributed by atoms with E-state index in [1.165, 1.54) is 0 Å². The number of hydrogen-bond acceptors (Lipinski definition) is 6. The normalized spacial score (nSPS) is 15.9. The van der Waals surface area contributed by atoms with Crippen molar-refractivity contribution in [2.24, 2.45) is 0 Å². The van der Waals surface area contributed by atoms with Gasteiger partial charge in [-0.2, -0.15) is 0 Å². The summed E-state index contributed by atoms with van der Waals surface area (Å²) in [5.74, 6) is 1.51. The number of methoxy groups -OCH3 is 3. The molecule has 2 aromatic carbocycles. The third kappa shape index (κ3) is 6.63. The summed E-state index contributed by atoms with van der Waals surface area (Å²) >= 11 is 0. The van der Waals surface area contributed by atoms with Crippen LogP contribution in [0.2, 0.25) is 0 Å². The third-order valence-corrected chi connectivity index (χ3v) is 6.01. The molecule has 2 atom stereocenters. The van der Waals surface area contributed by atoms with Gasteiger partial charge in [-0.3, -0.25) is 9.59 Å². The first-order chi connectivity index (χ1) is 16.4. The first kappa shape index (κ1) is 25.4. The summed E-state index contributed by atoms with van der Waals surface area (Å²) in [5.41, 5.74) is 1.68. The Morgan fingerprint density at radius 3 is 2.35 bits per heavy atom. The van der Waals surface area contributed by atoms with E-state index in [0.717, 1.165) is 36.3 Å². The van der Waals surface area contributed by atoms with Crippen molar-refractivity contribution in [3.8, 4) is 17.2 Å². The zero-order chi connectivity index (χ0) is 24.5. The third-order valence-electron chi connectivity index (χ3n) is 6.01. The number of hydrogen-bond donors (Lipinski definition) is 1. The fraction of sp³-hybridized carbons (Fsp3) is 0.462. The number of carbonyl (C=O) groups excluding carboxylic acids is 2. The molecule has 2 amide bonds. The molecule has 0 bridgehead atoms. The van der Waals surface area contributed by atoms with E-state index in [2.05, 4.69) is 5.32 Å². The van der Waals surface area contributed by atoms with Crippen molar-refractivity contribution in [2.45, 2.75) is 44.9 Å². The summed E-state index contributed by atoms with van der Waals surface area (Å²) in [6.07, 6.45) is 2.10. The molecule has 0 saturated carbocycles. The molecule has 0 aliphatic carbocycles. The molecule has 3 rings (SSSR count). The molecule has 2 aromatic rings. The SMILES string of the molecule is COc1ccc(CN(C(=O)Cc2ccc(OC)c(OC)c2)[C@H](C)C(=O)NC[C@@H]2CCCO2)cc1. The molecule has 0 radical (unpaired) electrons. The average Bonchev–Trinajstić information content (AvgIpc) is 3.39. The highest BCUT2D eigenvalue weighted by atomic mass is 16.5. The van der Waals surface area contributed by atoms with Gasteiger partial charge in [0.2, 0.25) is 11.8 Å². The van der Waals surface area contributed by atoms with Crippen molar-refractivity contribution in [3.63, 3.8) is 0 Å². The zero-order valence-electron chi connectivity index (χ0n) is 20.3. The standard InChI is InChI=1S/C26H34N2O6/c1-18(26(30)27-16-22-6-5-13-34-22)28(17-19-7-10-21(31-2)11-8-19)25(29)15-20-9-12-23(32-3)24(14-20)33-4/h7-12,14,18,22H,5-6,13,15-17H2,1-4H3,(H,27,30)/t18-,22+/m1/s1. The van der Waals surface area contributed by atoms with Crippen molar-refractivity contribution < 1.29 is 28.5 Å². The summed E-state index contributed by atoms with van der Waals surface area (Å²) in [6.45, 7) is 3.22. The molecule has 1 aliphatic rings. The van der Waals surface area contributed by atoms with Crippen LogP contribution in [0.4, 0.5) is 0 Å². The monoisotopic (exact) mass is 470 g/mol. The molecular formula is C26H34N2O6. The van der Waals surface area contributed by atoms with Gasteiger partial charge in [-0.1, -0.05) is 18.2 Å². The number of benzene rings is 2. The van der Waals surface area contributed by atoms with E-state index in [4.69, 9.17) is 18.9 Å². The second-order valence-electron chi connectivity index (χ2n) is 8.29. The highest BCUT2D eigenvalue weighted by Crippen LogP contribution is 2.28. The Hall–Kier alpha value is -3.26. The van der Waals surface area contributed by atoms with Crippen LogP contribution in [0.5, 0.6) is 17.2 Å². The van der Waals surface area contributed by atoms with Crippen molar-refractivity contribution in [1.29, 1.82) is 0 Å². The van der Waals surface area contributed by atoms with Gasteiger partial charge >= 0.3 is 0 Å². The predicted octanol–water partition coefficient (Wildman–Crippen LogP) is 2.97. The zero-order valence-corrected chi connectivity index (χ0v) is 20.3. The molecule has 1 fully saturated rings. The summed E-state index contributed by atoms with van der Waals surface area (Å²) in [6, 6.07) is 12.2. The molecule has 0 aromatic heterocycles. The van der Waals surface area contributed by atoms with Gasteiger partial charge in [-0.25, -0.2) is 0 Å². The summed E-state index contributed by atoms with van der Waals surface area (Å²) in [4.78, 5) is 28.0. The van der Waals surface area contributed by atoms with Gasteiger partial charge < -0.3 is 29.2 Å². The van der Waals surface area contributed by atoms with E-state index in [9.17, 15) is 9.59 Å². The Labute approximate surface area is 201 Å². The van der Waals surface area contributed by atoms with Crippen LogP contribution in [0.15, 0.2) is 42.5 Å². The highest BCUT2D eigenvalue weighted by molar-refractivity contribution is 5.88. The van der Waals surface area contributed by atoms with E-state index in [1.54, 1.807) is 45.3 Å². The minimum Gasteiger partial charge on any atom is -0.497 e. The maximum Gasteiger partial charge on any atom is 0.242 e. The Kier molecular flexibility index (Phi) is 9.16. The van der Waals surface area contributed by atoms with E-state index >= 15 is 0 Å². The second-order valence-corrected chi connectivity index (χ2v) is 8.29. The van der Waals surface area contributed by atoms with Crippen molar-refractivity contribution in [2.75, 3.05) is 34.5 Å². The minimum atomic E-state index is -0.656. The average molecular weight is 471 g/mol. The molecule has 1 N–H and O–H groups in total. The maximum atomic E-state index is 13.4. The van der Waals surface area contributed by atoms with E-state index in [1.807, 2.05) is 30.3 Å². The van der Waals surface area contributed by atoms with E-state index < -0.39 is 6.04 Å². The predicted molar refractivity (Wildman–Crippen MR) is 128 cm³/mol. The number of ether oxygens (including phenoxy) is 4. The topological polar surface area (TPSA) is 86.3 Å². The summed E-state index contributed by atoms with van der Waals surface area (Å²) in [5, 5.41) is 2.95. The van der Waals surface area contributed by atoms with Gasteiger partial charge in [-0.05, 0) is 55.2 Å². The lowest BCUT2D eigenvalue weighted by molar-refractivity contribution is -0.140. The highest BCUT2D eigenvalue weighted by Gasteiger charge is 2.27.